The van der Waals surface area contributed by atoms with Crippen molar-refractivity contribution in [3.05, 3.63) is 11.3 Å². The number of aliphatic hydroxyl groups excluding tert-OH is 1. The Balaban J connectivity index is 2.43. The minimum atomic E-state index is -3.67. The second-order valence-electron chi connectivity index (χ2n) is 5.18. The topological polar surface area (TPSA) is 138 Å². The van der Waals surface area contributed by atoms with Crippen molar-refractivity contribution in [2.24, 2.45) is 11.7 Å². The number of aliphatic hydroxyl groups is 1. The molecule has 0 radical (unpaired) electrons. The summed E-state index contributed by atoms with van der Waals surface area (Å²) in [6.45, 7) is 1.44. The number of carboxylic acids is 1. The molecule has 112 valence electrons. The van der Waals surface area contributed by atoms with Crippen LogP contribution >= 0.6 is 0 Å². The van der Waals surface area contributed by atoms with Crippen molar-refractivity contribution in [1.29, 1.82) is 0 Å². The average molecular weight is 304 g/mol. The lowest BCUT2D eigenvalue weighted by molar-refractivity contribution is -0.161. The number of amides is 1. The Bertz CT molecular complexity index is 608. The minimum Gasteiger partial charge on any atom is -0.477 e. The monoisotopic (exact) mass is 304 g/mol. The first-order valence-corrected chi connectivity index (χ1v) is 7.94. The molecule has 4 atom stereocenters. The molecule has 1 amide bonds. The van der Waals surface area contributed by atoms with Crippen LogP contribution in [-0.2, 0) is 19.4 Å². The van der Waals surface area contributed by atoms with Crippen LogP contribution in [0.3, 0.4) is 0 Å². The van der Waals surface area contributed by atoms with Crippen LogP contribution < -0.4 is 5.73 Å². The summed E-state index contributed by atoms with van der Waals surface area (Å²) in [5.41, 5.74) is 5.24. The van der Waals surface area contributed by atoms with E-state index in [1.807, 2.05) is 0 Å². The SMILES string of the molecule is CC(O)C1C(=O)N2C(C(=O)O)=C(C(N)S(C)(=O)=O)CC12. The number of β-lactam (4-membered cyclic amide) rings is 1. The standard InChI is InChI=1S/C11H16N2O6S/c1-4(14)7-6-3-5(9(12)20(2,18)19)8(11(16)17)13(6)10(7)15/h4,6-7,9,14H,3,12H2,1-2H3,(H,16,17). The Morgan fingerprint density at radius 3 is 2.45 bits per heavy atom. The van der Waals surface area contributed by atoms with Gasteiger partial charge in [0.25, 0.3) is 0 Å². The minimum absolute atomic E-state index is 0.0153. The van der Waals surface area contributed by atoms with Crippen molar-refractivity contribution < 1.29 is 28.2 Å². The summed E-state index contributed by atoms with van der Waals surface area (Å²) in [7, 11) is -3.67. The van der Waals surface area contributed by atoms with Crippen LogP contribution in [0.4, 0.5) is 0 Å². The number of fused-ring (bicyclic) bond motifs is 1. The number of carbonyl (C=O) groups is 2. The number of hydrogen-bond acceptors (Lipinski definition) is 6. The van der Waals surface area contributed by atoms with Crippen LogP contribution in [0.2, 0.25) is 0 Å². The van der Waals surface area contributed by atoms with Crippen LogP contribution in [0.15, 0.2) is 11.3 Å². The molecule has 0 aromatic rings. The fraction of sp³-hybridized carbons (Fsp3) is 0.636. The molecular weight excluding hydrogens is 288 g/mol. The molecule has 2 rings (SSSR count). The van der Waals surface area contributed by atoms with Gasteiger partial charge < -0.3 is 20.8 Å². The Kier molecular flexibility index (Phi) is 3.39. The third-order valence-electron chi connectivity index (χ3n) is 3.77. The molecule has 2 heterocycles. The van der Waals surface area contributed by atoms with E-state index in [0.717, 1.165) is 11.2 Å². The van der Waals surface area contributed by atoms with E-state index in [4.69, 9.17) is 5.73 Å². The number of nitrogens with zero attached hydrogens (tertiary/aromatic N) is 1. The molecule has 4 N–H and O–H groups in total. The van der Waals surface area contributed by atoms with E-state index in [-0.39, 0.29) is 17.7 Å². The van der Waals surface area contributed by atoms with Gasteiger partial charge in [-0.3, -0.25) is 4.79 Å². The molecule has 2 aliphatic heterocycles. The second kappa shape index (κ2) is 4.54. The molecule has 0 aliphatic carbocycles. The summed E-state index contributed by atoms with van der Waals surface area (Å²) in [5.74, 6) is -2.62. The zero-order valence-electron chi connectivity index (χ0n) is 11.0. The van der Waals surface area contributed by atoms with E-state index in [1.165, 1.54) is 6.92 Å². The molecule has 0 aromatic heterocycles. The molecule has 0 saturated carbocycles. The summed E-state index contributed by atoms with van der Waals surface area (Å²) in [6, 6.07) is -0.531. The summed E-state index contributed by atoms with van der Waals surface area (Å²) < 4.78 is 23.0. The third-order valence-corrected chi connectivity index (χ3v) is 4.98. The number of sulfone groups is 1. The third kappa shape index (κ3) is 2.02. The molecule has 4 unspecified atom stereocenters. The van der Waals surface area contributed by atoms with Gasteiger partial charge in [-0.2, -0.15) is 0 Å². The van der Waals surface area contributed by atoms with Gasteiger partial charge in [0, 0.05) is 6.26 Å². The highest BCUT2D eigenvalue weighted by atomic mass is 32.2. The normalized spacial score (nSPS) is 29.0. The molecule has 20 heavy (non-hydrogen) atoms. The molecule has 0 spiro atoms. The van der Waals surface area contributed by atoms with Gasteiger partial charge in [0.1, 0.15) is 11.1 Å². The molecule has 0 bridgehead atoms. The number of carbonyl (C=O) groups excluding carboxylic acids is 1. The van der Waals surface area contributed by atoms with Crippen LogP contribution in [0.1, 0.15) is 13.3 Å². The van der Waals surface area contributed by atoms with Crippen molar-refractivity contribution in [3.63, 3.8) is 0 Å². The molecule has 8 nitrogen and oxygen atoms in total. The molecule has 9 heteroatoms. The number of nitrogens with two attached hydrogens (primary N) is 1. The zero-order valence-corrected chi connectivity index (χ0v) is 11.8. The predicted molar refractivity (Wildman–Crippen MR) is 67.9 cm³/mol. The zero-order chi connectivity index (χ0) is 15.4. The Morgan fingerprint density at radius 1 is 1.50 bits per heavy atom. The predicted octanol–water partition coefficient (Wildman–Crippen LogP) is -1.73. The van der Waals surface area contributed by atoms with Gasteiger partial charge in [-0.25, -0.2) is 13.2 Å². The van der Waals surface area contributed by atoms with Crippen molar-refractivity contribution in [2.75, 3.05) is 6.26 Å². The molecular formula is C11H16N2O6S. The number of rotatable bonds is 4. The lowest BCUT2D eigenvalue weighted by Crippen LogP contribution is -2.61. The number of carboxylic acid groups (broad SMARTS) is 1. The highest BCUT2D eigenvalue weighted by molar-refractivity contribution is 7.91. The van der Waals surface area contributed by atoms with Gasteiger partial charge in [0.05, 0.1) is 18.1 Å². The maximum Gasteiger partial charge on any atom is 0.352 e. The van der Waals surface area contributed by atoms with Crippen LogP contribution in [-0.4, -0.2) is 59.2 Å². The molecule has 1 fully saturated rings. The largest absolute Gasteiger partial charge is 0.477 e. The van der Waals surface area contributed by atoms with Gasteiger partial charge >= 0.3 is 5.97 Å². The van der Waals surface area contributed by atoms with Crippen molar-refractivity contribution >= 4 is 21.7 Å². The van der Waals surface area contributed by atoms with Crippen LogP contribution in [0, 0.1) is 5.92 Å². The number of hydrogen-bond donors (Lipinski definition) is 3. The molecule has 1 saturated heterocycles. The van der Waals surface area contributed by atoms with Gasteiger partial charge in [-0.15, -0.1) is 0 Å². The van der Waals surface area contributed by atoms with Crippen LogP contribution in [0.25, 0.3) is 0 Å². The van der Waals surface area contributed by atoms with Gasteiger partial charge in [0.15, 0.2) is 9.84 Å². The number of aliphatic carboxylic acids is 1. The second-order valence-corrected chi connectivity index (χ2v) is 7.34. The first-order valence-electron chi connectivity index (χ1n) is 5.99. The highest BCUT2D eigenvalue weighted by Gasteiger charge is 2.57. The van der Waals surface area contributed by atoms with Crippen molar-refractivity contribution in [3.8, 4) is 0 Å². The maximum atomic E-state index is 11.9. The van der Waals surface area contributed by atoms with E-state index in [2.05, 4.69) is 0 Å². The summed E-state index contributed by atoms with van der Waals surface area (Å²) in [4.78, 5) is 24.2. The first kappa shape index (κ1) is 14.9. The van der Waals surface area contributed by atoms with Crippen molar-refractivity contribution in [2.45, 2.75) is 30.9 Å². The highest BCUT2D eigenvalue weighted by Crippen LogP contribution is 2.44. The van der Waals surface area contributed by atoms with E-state index in [1.54, 1.807) is 0 Å². The maximum absolute atomic E-state index is 11.9. The van der Waals surface area contributed by atoms with E-state index in [9.17, 15) is 28.2 Å². The van der Waals surface area contributed by atoms with E-state index in [0.29, 0.717) is 0 Å². The van der Waals surface area contributed by atoms with Gasteiger partial charge in [-0.1, -0.05) is 0 Å². The van der Waals surface area contributed by atoms with Gasteiger partial charge in [0.2, 0.25) is 5.91 Å². The summed E-state index contributed by atoms with van der Waals surface area (Å²) >= 11 is 0. The quantitative estimate of drug-likeness (QED) is 0.524. The fourth-order valence-corrected chi connectivity index (χ4v) is 3.54. The lowest BCUT2D eigenvalue weighted by atomic mass is 9.83. The lowest BCUT2D eigenvalue weighted by Gasteiger charge is -2.44. The van der Waals surface area contributed by atoms with Crippen LogP contribution in [0.5, 0.6) is 0 Å². The smallest absolute Gasteiger partial charge is 0.352 e. The van der Waals surface area contributed by atoms with E-state index < -0.39 is 45.2 Å². The summed E-state index contributed by atoms with van der Waals surface area (Å²) in [6.07, 6.45) is 0.0396. The fourth-order valence-electron chi connectivity index (χ4n) is 2.82. The molecule has 2 aliphatic rings. The Labute approximate surface area is 115 Å². The molecule has 0 aromatic carbocycles. The average Bonchev–Trinajstić information content (AvgIpc) is 2.61. The first-order chi connectivity index (χ1) is 9.07. The van der Waals surface area contributed by atoms with Crippen molar-refractivity contribution in [1.82, 2.24) is 4.90 Å². The Morgan fingerprint density at radius 2 is 2.05 bits per heavy atom. The van der Waals surface area contributed by atoms with E-state index >= 15 is 0 Å². The van der Waals surface area contributed by atoms with Gasteiger partial charge in [-0.05, 0) is 18.9 Å². The summed E-state index contributed by atoms with van der Waals surface area (Å²) in [5, 5.41) is 17.3. The Hall–Kier alpha value is -1.45.